The van der Waals surface area contributed by atoms with Crippen molar-refractivity contribution in [3.05, 3.63) is 94.7 Å². The third-order valence-electron chi connectivity index (χ3n) is 5.79. The summed E-state index contributed by atoms with van der Waals surface area (Å²) in [6.07, 6.45) is 1.42. The van der Waals surface area contributed by atoms with Gasteiger partial charge in [0.1, 0.15) is 11.8 Å². The Labute approximate surface area is 222 Å². The molecule has 0 aliphatic carbocycles. The van der Waals surface area contributed by atoms with Crippen molar-refractivity contribution < 1.29 is 23.9 Å². The number of nitro groups is 1. The second kappa shape index (κ2) is 11.0. The van der Waals surface area contributed by atoms with Crippen LogP contribution >= 0.6 is 11.3 Å². The van der Waals surface area contributed by atoms with Gasteiger partial charge in [0.05, 0.1) is 40.5 Å². The van der Waals surface area contributed by atoms with E-state index < -0.39 is 22.5 Å². The first kappa shape index (κ1) is 26.8. The van der Waals surface area contributed by atoms with E-state index >= 15 is 0 Å². The number of para-hydroxylation sites is 1. The van der Waals surface area contributed by atoms with Crippen molar-refractivity contribution in [2.45, 2.75) is 39.8 Å². The van der Waals surface area contributed by atoms with Crippen LogP contribution < -0.4 is 24.4 Å². The number of carbonyl (C=O) groups is 1. The van der Waals surface area contributed by atoms with Crippen LogP contribution in [0.15, 0.2) is 63.5 Å². The van der Waals surface area contributed by atoms with E-state index in [0.29, 0.717) is 31.9 Å². The Bertz CT molecular complexity index is 1620. The van der Waals surface area contributed by atoms with E-state index in [9.17, 15) is 19.7 Å². The van der Waals surface area contributed by atoms with Gasteiger partial charge in [-0.25, -0.2) is 9.79 Å². The van der Waals surface area contributed by atoms with Crippen LogP contribution in [0.25, 0.3) is 6.08 Å². The molecule has 1 aliphatic rings. The molecule has 0 N–H and O–H groups in total. The third-order valence-corrected chi connectivity index (χ3v) is 6.77. The van der Waals surface area contributed by atoms with Crippen LogP contribution in [0, 0.1) is 10.1 Å². The number of benzene rings is 2. The summed E-state index contributed by atoms with van der Waals surface area (Å²) in [5.74, 6) is 0.0765. The fraction of sp³-hybridized carbons (Fsp3) is 0.296. The van der Waals surface area contributed by atoms with Gasteiger partial charge in [-0.15, -0.1) is 0 Å². The first-order valence-corrected chi connectivity index (χ1v) is 12.8. The van der Waals surface area contributed by atoms with Gasteiger partial charge >= 0.3 is 11.7 Å². The molecule has 0 amide bonds. The van der Waals surface area contributed by atoms with Crippen molar-refractivity contribution in [1.29, 1.82) is 0 Å². The number of hydrogen-bond donors (Lipinski definition) is 0. The highest BCUT2D eigenvalue weighted by atomic mass is 32.1. The van der Waals surface area contributed by atoms with Gasteiger partial charge in [0.15, 0.2) is 10.6 Å². The van der Waals surface area contributed by atoms with E-state index in [4.69, 9.17) is 14.2 Å². The molecule has 3 aromatic rings. The summed E-state index contributed by atoms with van der Waals surface area (Å²) in [4.78, 5) is 42.8. The number of methoxy groups -OCH3 is 1. The summed E-state index contributed by atoms with van der Waals surface area (Å²) < 4.78 is 18.2. The summed E-state index contributed by atoms with van der Waals surface area (Å²) in [6.45, 7) is 7.36. The van der Waals surface area contributed by atoms with Gasteiger partial charge in [-0.1, -0.05) is 35.6 Å². The summed E-state index contributed by atoms with van der Waals surface area (Å²) in [5.41, 5.74) is 1.12. The molecule has 2 aromatic carbocycles. The number of allylic oxidation sites excluding steroid dienone is 1. The van der Waals surface area contributed by atoms with Gasteiger partial charge in [-0.2, -0.15) is 0 Å². The topological polar surface area (TPSA) is 122 Å². The van der Waals surface area contributed by atoms with E-state index in [0.717, 1.165) is 11.3 Å². The average molecular weight is 538 g/mol. The predicted molar refractivity (Wildman–Crippen MR) is 142 cm³/mol. The van der Waals surface area contributed by atoms with Gasteiger partial charge in [0, 0.05) is 11.6 Å². The molecule has 0 bridgehead atoms. The lowest BCUT2D eigenvalue weighted by molar-refractivity contribution is -0.385. The minimum atomic E-state index is -0.840. The number of fused-ring (bicyclic) bond motifs is 1. The molecule has 1 atom stereocenters. The average Bonchev–Trinajstić information content (AvgIpc) is 3.17. The molecule has 0 saturated carbocycles. The summed E-state index contributed by atoms with van der Waals surface area (Å²) in [6, 6.07) is 10.8. The van der Waals surface area contributed by atoms with Crippen LogP contribution in [0.5, 0.6) is 11.5 Å². The van der Waals surface area contributed by atoms with Crippen molar-refractivity contribution in [3.63, 3.8) is 0 Å². The number of thiazole rings is 1. The van der Waals surface area contributed by atoms with Crippen molar-refractivity contribution in [2.75, 3.05) is 13.7 Å². The maximum Gasteiger partial charge on any atom is 0.338 e. The molecule has 38 heavy (non-hydrogen) atoms. The van der Waals surface area contributed by atoms with Crippen molar-refractivity contribution in [3.8, 4) is 11.5 Å². The highest BCUT2D eigenvalue weighted by Crippen LogP contribution is 2.36. The molecule has 2 heterocycles. The second-order valence-electron chi connectivity index (χ2n) is 8.70. The largest absolute Gasteiger partial charge is 0.491 e. The summed E-state index contributed by atoms with van der Waals surface area (Å²) >= 11 is 1.13. The number of esters is 1. The van der Waals surface area contributed by atoms with E-state index in [-0.39, 0.29) is 29.7 Å². The van der Waals surface area contributed by atoms with E-state index in [1.54, 1.807) is 32.1 Å². The summed E-state index contributed by atoms with van der Waals surface area (Å²) in [7, 11) is 1.35. The zero-order chi connectivity index (χ0) is 27.6. The number of hydrogen-bond acceptors (Lipinski definition) is 9. The van der Waals surface area contributed by atoms with Crippen LogP contribution in [0.1, 0.15) is 44.9 Å². The first-order valence-electron chi connectivity index (χ1n) is 11.9. The van der Waals surface area contributed by atoms with Crippen LogP contribution in [0.2, 0.25) is 0 Å². The molecule has 10 nitrogen and oxygen atoms in total. The molecule has 1 aliphatic heterocycles. The Morgan fingerprint density at radius 1 is 1.24 bits per heavy atom. The lowest BCUT2D eigenvalue weighted by Crippen LogP contribution is -2.40. The van der Waals surface area contributed by atoms with Crippen molar-refractivity contribution in [1.82, 2.24) is 4.57 Å². The van der Waals surface area contributed by atoms with Crippen LogP contribution in [0.4, 0.5) is 5.69 Å². The number of ether oxygens (including phenoxy) is 3. The van der Waals surface area contributed by atoms with Crippen molar-refractivity contribution in [2.24, 2.45) is 4.99 Å². The minimum Gasteiger partial charge on any atom is -0.491 e. The highest BCUT2D eigenvalue weighted by Gasteiger charge is 2.35. The van der Waals surface area contributed by atoms with Gasteiger partial charge in [-0.3, -0.25) is 19.5 Å². The molecule has 0 spiro atoms. The molecule has 11 heteroatoms. The fourth-order valence-electron chi connectivity index (χ4n) is 4.24. The van der Waals surface area contributed by atoms with E-state index in [1.807, 2.05) is 32.0 Å². The van der Waals surface area contributed by atoms with Gasteiger partial charge in [-0.05, 0) is 51.5 Å². The normalized spacial score (nSPS) is 15.2. The van der Waals surface area contributed by atoms with Crippen molar-refractivity contribution >= 4 is 29.1 Å². The number of carbonyl (C=O) groups excluding carboxylic acids is 1. The smallest absolute Gasteiger partial charge is 0.338 e. The quantitative estimate of drug-likeness (QED) is 0.245. The van der Waals surface area contributed by atoms with E-state index in [1.165, 1.54) is 23.8 Å². The second-order valence-corrected chi connectivity index (χ2v) is 9.70. The standard InChI is InChI=1S/C27H27N3O7S/c1-6-36-26(32)23-16(4)28-27-29(24(23)18-9-7-8-10-20(18)37-15(2)3)25(31)22(38-27)14-17-11-12-21(35-5)19(13-17)30(33)34/h7-15,24H,6H2,1-5H3/b22-14+/t24-/m1/s1. The van der Waals surface area contributed by atoms with E-state index in [2.05, 4.69) is 4.99 Å². The number of rotatable bonds is 8. The fourth-order valence-corrected chi connectivity index (χ4v) is 5.29. The maximum absolute atomic E-state index is 13.8. The molecule has 0 fully saturated rings. The zero-order valence-electron chi connectivity index (χ0n) is 21.6. The van der Waals surface area contributed by atoms with Gasteiger partial charge in [0.2, 0.25) is 0 Å². The third kappa shape index (κ3) is 5.10. The first-order chi connectivity index (χ1) is 18.2. The molecule has 0 radical (unpaired) electrons. The monoisotopic (exact) mass is 537 g/mol. The van der Waals surface area contributed by atoms with Gasteiger partial charge in [0.25, 0.3) is 5.56 Å². The number of nitrogens with zero attached hydrogens (tertiary/aromatic N) is 3. The molecule has 4 rings (SSSR count). The Hall–Kier alpha value is -4.25. The Morgan fingerprint density at radius 3 is 2.63 bits per heavy atom. The minimum absolute atomic E-state index is 0.116. The maximum atomic E-state index is 13.8. The molecular formula is C27H27N3O7S. The lowest BCUT2D eigenvalue weighted by Gasteiger charge is -2.26. The Balaban J connectivity index is 1.97. The molecule has 0 unspecified atom stereocenters. The SMILES string of the molecule is CCOC(=O)C1=C(C)N=c2s/c(=C/c3ccc(OC)c([N+](=O)[O-])c3)c(=O)n2[C@@H]1c1ccccc1OC(C)C. The highest BCUT2D eigenvalue weighted by molar-refractivity contribution is 7.07. The van der Waals surface area contributed by atoms with Crippen LogP contribution in [-0.2, 0) is 9.53 Å². The Morgan fingerprint density at radius 2 is 1.97 bits per heavy atom. The lowest BCUT2D eigenvalue weighted by atomic mass is 9.95. The Kier molecular flexibility index (Phi) is 7.77. The number of aromatic nitrogens is 1. The molecule has 198 valence electrons. The van der Waals surface area contributed by atoms with Crippen LogP contribution in [-0.4, -0.2) is 35.3 Å². The number of nitro benzene ring substituents is 1. The zero-order valence-corrected chi connectivity index (χ0v) is 22.4. The van der Waals surface area contributed by atoms with Crippen LogP contribution in [0.3, 0.4) is 0 Å². The molecular weight excluding hydrogens is 510 g/mol. The molecule has 0 saturated heterocycles. The summed E-state index contributed by atoms with van der Waals surface area (Å²) in [5, 5.41) is 11.5. The molecule has 1 aromatic heterocycles. The van der Waals surface area contributed by atoms with Gasteiger partial charge < -0.3 is 14.2 Å². The predicted octanol–water partition coefficient (Wildman–Crippen LogP) is 3.50.